The molecule has 2 aromatic carbocycles. The molecule has 3 rings (SSSR count). The fourth-order valence-electron chi connectivity index (χ4n) is 3.10. The second-order valence-corrected chi connectivity index (χ2v) is 9.86. The normalized spacial score (nSPS) is 11.0. The van der Waals surface area contributed by atoms with Crippen molar-refractivity contribution in [2.75, 3.05) is 37.8 Å². The Kier molecular flexibility index (Phi) is 9.44. The molecule has 4 nitrogen and oxygen atoms in total. The number of fused-ring (bicyclic) bond motifs is 1. The topological polar surface area (TPSA) is 36.4 Å². The number of benzene rings is 2. The van der Waals surface area contributed by atoms with Crippen LogP contribution >= 0.6 is 47.1 Å². The molecule has 0 spiro atoms. The van der Waals surface area contributed by atoms with Gasteiger partial charge in [-0.25, -0.2) is 4.98 Å². The number of nitrogens with zero attached hydrogens (tertiary/aromatic N) is 3. The molecule has 0 N–H and O–H groups in total. The Hall–Kier alpha value is -1.31. The van der Waals surface area contributed by atoms with Gasteiger partial charge >= 0.3 is 0 Å². The molecule has 0 radical (unpaired) electrons. The first-order chi connectivity index (χ1) is 13.8. The Morgan fingerprint density at radius 1 is 1.13 bits per heavy atom. The molecule has 3 aromatic rings. The molecular formula is C22H27Cl2N3OS2. The summed E-state index contributed by atoms with van der Waals surface area (Å²) in [5.74, 6) is 0.453. The number of rotatable bonds is 8. The van der Waals surface area contributed by atoms with Gasteiger partial charge in [0, 0.05) is 16.5 Å². The second-order valence-electron chi connectivity index (χ2n) is 7.37. The monoisotopic (exact) mass is 483 g/mol. The third-order valence-electron chi connectivity index (χ3n) is 4.51. The summed E-state index contributed by atoms with van der Waals surface area (Å²) >= 11 is 9.08. The maximum Gasteiger partial charge on any atom is 0.239 e. The van der Waals surface area contributed by atoms with E-state index in [9.17, 15) is 4.79 Å². The average molecular weight is 485 g/mol. The van der Waals surface area contributed by atoms with E-state index in [-0.39, 0.29) is 18.3 Å². The van der Waals surface area contributed by atoms with Gasteiger partial charge in [0.15, 0.2) is 5.13 Å². The summed E-state index contributed by atoms with van der Waals surface area (Å²) in [4.78, 5) is 23.0. The molecule has 0 atom stereocenters. The molecule has 0 aliphatic heterocycles. The highest BCUT2D eigenvalue weighted by Gasteiger charge is 2.20. The van der Waals surface area contributed by atoms with E-state index < -0.39 is 0 Å². The van der Waals surface area contributed by atoms with Crippen LogP contribution in [0, 0.1) is 13.8 Å². The number of thiazole rings is 1. The van der Waals surface area contributed by atoms with Gasteiger partial charge in [-0.2, -0.15) is 0 Å². The molecular weight excluding hydrogens is 457 g/mol. The zero-order chi connectivity index (χ0) is 21.0. The van der Waals surface area contributed by atoms with Gasteiger partial charge in [-0.05, 0) is 82.4 Å². The van der Waals surface area contributed by atoms with Crippen LogP contribution < -0.4 is 4.90 Å². The van der Waals surface area contributed by atoms with Crippen molar-refractivity contribution in [2.45, 2.75) is 25.2 Å². The summed E-state index contributed by atoms with van der Waals surface area (Å²) < 4.78 is 1.13. The fraction of sp³-hybridized carbons (Fsp3) is 0.364. The number of anilines is 1. The van der Waals surface area contributed by atoms with Gasteiger partial charge in [0.2, 0.25) is 5.91 Å². The van der Waals surface area contributed by atoms with Crippen LogP contribution in [0.3, 0.4) is 0 Å². The average Bonchev–Trinajstić information content (AvgIpc) is 3.08. The van der Waals surface area contributed by atoms with Crippen LogP contribution in [0.2, 0.25) is 5.02 Å². The Balaban J connectivity index is 0.00000320. The fourth-order valence-corrected chi connectivity index (χ4v) is 5.19. The number of thioether (sulfide) groups is 1. The highest BCUT2D eigenvalue weighted by Crippen LogP contribution is 2.32. The molecule has 0 saturated carbocycles. The summed E-state index contributed by atoms with van der Waals surface area (Å²) in [6.07, 6.45) is 0.901. The minimum atomic E-state index is 0. The number of amides is 1. The molecule has 1 amide bonds. The lowest BCUT2D eigenvalue weighted by molar-refractivity contribution is -0.116. The Labute approximate surface area is 198 Å². The molecule has 30 heavy (non-hydrogen) atoms. The summed E-state index contributed by atoms with van der Waals surface area (Å²) in [5.41, 5.74) is 3.36. The van der Waals surface area contributed by atoms with Gasteiger partial charge in [0.05, 0.1) is 16.0 Å². The van der Waals surface area contributed by atoms with Crippen molar-refractivity contribution in [2.24, 2.45) is 0 Å². The van der Waals surface area contributed by atoms with Gasteiger partial charge in [0.1, 0.15) is 0 Å². The largest absolute Gasteiger partial charge is 0.309 e. The zero-order valence-corrected chi connectivity index (χ0v) is 20.9. The van der Waals surface area contributed by atoms with Crippen molar-refractivity contribution < 1.29 is 4.79 Å². The van der Waals surface area contributed by atoms with E-state index in [0.29, 0.717) is 17.3 Å². The zero-order valence-electron chi connectivity index (χ0n) is 17.6. The Morgan fingerprint density at radius 2 is 1.83 bits per heavy atom. The molecule has 0 aliphatic carbocycles. The van der Waals surface area contributed by atoms with Gasteiger partial charge in [-0.3, -0.25) is 9.69 Å². The minimum Gasteiger partial charge on any atom is -0.309 e. The van der Waals surface area contributed by atoms with E-state index in [0.717, 1.165) is 38.8 Å². The van der Waals surface area contributed by atoms with E-state index in [4.69, 9.17) is 16.6 Å². The molecule has 162 valence electrons. The number of carbonyl (C=O) groups is 1. The van der Waals surface area contributed by atoms with Crippen LogP contribution in [0.15, 0.2) is 41.3 Å². The van der Waals surface area contributed by atoms with Gasteiger partial charge in [-0.15, -0.1) is 24.2 Å². The first-order valence-corrected chi connectivity index (χ1v) is 11.7. The first-order valence-electron chi connectivity index (χ1n) is 9.55. The highest BCUT2D eigenvalue weighted by atomic mass is 35.5. The van der Waals surface area contributed by atoms with Gasteiger partial charge in [0.25, 0.3) is 0 Å². The summed E-state index contributed by atoms with van der Waals surface area (Å²) in [6.45, 7) is 5.76. The minimum absolute atomic E-state index is 0. The number of aryl methyl sites for hydroxylation is 2. The van der Waals surface area contributed by atoms with E-state index in [1.54, 1.807) is 11.3 Å². The molecule has 0 fully saturated rings. The van der Waals surface area contributed by atoms with Gasteiger partial charge in [-0.1, -0.05) is 29.0 Å². The molecule has 1 aromatic heterocycles. The van der Waals surface area contributed by atoms with E-state index in [1.165, 1.54) is 17.3 Å². The van der Waals surface area contributed by atoms with Crippen LogP contribution in [0.1, 0.15) is 17.5 Å². The summed E-state index contributed by atoms with van der Waals surface area (Å²) in [6, 6.07) is 11.9. The number of hydrogen-bond acceptors (Lipinski definition) is 5. The highest BCUT2D eigenvalue weighted by molar-refractivity contribution is 8.00. The number of aromatic nitrogens is 1. The van der Waals surface area contributed by atoms with Crippen molar-refractivity contribution in [3.05, 3.63) is 52.5 Å². The standard InChI is InChI=1S/C22H26ClN3OS2.ClH/c1-15-12-16(2)21-19(13-15)29-22(24-21)26(11-5-10-25(3)4)20(27)14-28-18-8-6-17(23)7-9-18;/h6-9,12-13H,5,10-11,14H2,1-4H3;1H. The third kappa shape index (κ3) is 6.59. The molecule has 1 heterocycles. The lowest BCUT2D eigenvalue weighted by Gasteiger charge is -2.21. The summed E-state index contributed by atoms with van der Waals surface area (Å²) in [5, 5.41) is 1.49. The van der Waals surface area contributed by atoms with E-state index >= 15 is 0 Å². The van der Waals surface area contributed by atoms with Crippen LogP contribution in [0.5, 0.6) is 0 Å². The SMILES string of the molecule is Cc1cc(C)c2nc(N(CCCN(C)C)C(=O)CSc3ccc(Cl)cc3)sc2c1.Cl. The van der Waals surface area contributed by atoms with Crippen molar-refractivity contribution in [1.29, 1.82) is 0 Å². The lowest BCUT2D eigenvalue weighted by Crippen LogP contribution is -2.34. The molecule has 8 heteroatoms. The third-order valence-corrected chi connectivity index (χ3v) is 6.79. The van der Waals surface area contributed by atoms with Crippen LogP contribution in [-0.4, -0.2) is 48.7 Å². The van der Waals surface area contributed by atoms with Crippen LogP contribution in [-0.2, 0) is 4.79 Å². The molecule has 0 aliphatic rings. The first kappa shape index (κ1) is 25.0. The van der Waals surface area contributed by atoms with E-state index in [1.807, 2.05) is 43.3 Å². The summed E-state index contributed by atoms with van der Waals surface area (Å²) in [7, 11) is 4.10. The Bertz CT molecular complexity index is 990. The van der Waals surface area contributed by atoms with Crippen LogP contribution in [0.4, 0.5) is 5.13 Å². The predicted octanol–water partition coefficient (Wildman–Crippen LogP) is 6.07. The van der Waals surface area contributed by atoms with Gasteiger partial charge < -0.3 is 4.90 Å². The van der Waals surface area contributed by atoms with Crippen molar-refractivity contribution in [3.8, 4) is 0 Å². The maximum atomic E-state index is 13.1. The molecule has 0 saturated heterocycles. The predicted molar refractivity (Wildman–Crippen MR) is 134 cm³/mol. The Morgan fingerprint density at radius 3 is 2.50 bits per heavy atom. The number of hydrogen-bond donors (Lipinski definition) is 0. The maximum absolute atomic E-state index is 13.1. The quantitative estimate of drug-likeness (QED) is 0.364. The van der Waals surface area contributed by atoms with E-state index in [2.05, 4.69) is 30.9 Å². The van der Waals surface area contributed by atoms with Crippen LogP contribution in [0.25, 0.3) is 10.2 Å². The molecule has 0 unspecified atom stereocenters. The molecule has 0 bridgehead atoms. The number of halogens is 2. The van der Waals surface area contributed by atoms with Crippen molar-refractivity contribution in [1.82, 2.24) is 9.88 Å². The van der Waals surface area contributed by atoms with Crippen molar-refractivity contribution >= 4 is 68.4 Å². The number of carbonyl (C=O) groups excluding carboxylic acids is 1. The second kappa shape index (κ2) is 11.3. The lowest BCUT2D eigenvalue weighted by atomic mass is 10.1. The van der Waals surface area contributed by atoms with Crippen molar-refractivity contribution in [3.63, 3.8) is 0 Å². The smallest absolute Gasteiger partial charge is 0.239 e.